The van der Waals surface area contributed by atoms with Gasteiger partial charge >= 0.3 is 0 Å². The Bertz CT molecular complexity index is 858. The number of sulfonamides is 1. The standard InChI is InChI=1S/C18H25N3O4S/c1-4-25-18(2,3)13-20-17(22)16-10-15(26(19,23)24)12-21(16)11-14-8-6-5-7-9-14/h5-10,12H,4,11,13H2,1-3H3,(H,20,22)(H2,19,23,24). The molecular weight excluding hydrogens is 354 g/mol. The van der Waals surface area contributed by atoms with E-state index in [0.29, 0.717) is 19.7 Å². The number of nitrogens with two attached hydrogens (primary N) is 1. The van der Waals surface area contributed by atoms with E-state index in [1.807, 2.05) is 51.1 Å². The number of carbonyl (C=O) groups excluding carboxylic acids is 1. The third-order valence-electron chi connectivity index (χ3n) is 3.84. The number of nitrogens with one attached hydrogen (secondary N) is 1. The van der Waals surface area contributed by atoms with Crippen LogP contribution in [0.4, 0.5) is 0 Å². The maximum atomic E-state index is 12.6. The number of carbonyl (C=O) groups is 1. The van der Waals surface area contributed by atoms with Crippen molar-refractivity contribution in [3.05, 3.63) is 53.9 Å². The summed E-state index contributed by atoms with van der Waals surface area (Å²) in [6.45, 7) is 6.80. The molecule has 8 heteroatoms. The zero-order chi connectivity index (χ0) is 19.4. The van der Waals surface area contributed by atoms with Crippen LogP contribution in [0.2, 0.25) is 0 Å². The molecule has 3 N–H and O–H groups in total. The molecule has 0 aliphatic carbocycles. The number of aromatic nitrogens is 1. The molecule has 2 aromatic rings. The Morgan fingerprint density at radius 1 is 1.27 bits per heavy atom. The quantitative estimate of drug-likeness (QED) is 0.729. The summed E-state index contributed by atoms with van der Waals surface area (Å²) in [4.78, 5) is 12.5. The molecule has 1 amide bonds. The molecule has 0 atom stereocenters. The predicted octanol–water partition coefficient (Wildman–Crippen LogP) is 1.73. The number of benzene rings is 1. The number of hydrogen-bond acceptors (Lipinski definition) is 4. The number of rotatable bonds is 8. The highest BCUT2D eigenvalue weighted by atomic mass is 32.2. The van der Waals surface area contributed by atoms with E-state index in [4.69, 9.17) is 9.88 Å². The second kappa shape index (κ2) is 8.03. The van der Waals surface area contributed by atoms with Gasteiger partial charge in [-0.2, -0.15) is 0 Å². The lowest BCUT2D eigenvalue weighted by atomic mass is 10.1. The molecule has 1 heterocycles. The van der Waals surface area contributed by atoms with Gasteiger partial charge in [0.05, 0.1) is 5.60 Å². The number of primary sulfonamides is 1. The van der Waals surface area contributed by atoms with Gasteiger partial charge in [-0.15, -0.1) is 0 Å². The van der Waals surface area contributed by atoms with Crippen LogP contribution in [0.15, 0.2) is 47.5 Å². The Morgan fingerprint density at radius 2 is 1.92 bits per heavy atom. The van der Waals surface area contributed by atoms with Crippen molar-refractivity contribution >= 4 is 15.9 Å². The monoisotopic (exact) mass is 379 g/mol. The lowest BCUT2D eigenvalue weighted by molar-refractivity contribution is -0.00821. The minimum Gasteiger partial charge on any atom is -0.374 e. The van der Waals surface area contributed by atoms with Gasteiger partial charge in [0.25, 0.3) is 5.91 Å². The van der Waals surface area contributed by atoms with Crippen LogP contribution >= 0.6 is 0 Å². The maximum Gasteiger partial charge on any atom is 0.268 e. The molecule has 0 bridgehead atoms. The number of amides is 1. The molecule has 0 aliphatic heterocycles. The van der Waals surface area contributed by atoms with E-state index in [0.717, 1.165) is 5.56 Å². The highest BCUT2D eigenvalue weighted by Gasteiger charge is 2.22. The summed E-state index contributed by atoms with van der Waals surface area (Å²) in [5.41, 5.74) is 0.641. The summed E-state index contributed by atoms with van der Waals surface area (Å²) in [7, 11) is -3.91. The fourth-order valence-corrected chi connectivity index (χ4v) is 3.12. The SMILES string of the molecule is CCOC(C)(C)CNC(=O)c1cc(S(N)(=O)=O)cn1Cc1ccccc1. The Balaban J connectivity index is 2.27. The van der Waals surface area contributed by atoms with Crippen molar-refractivity contribution in [3.63, 3.8) is 0 Å². The van der Waals surface area contributed by atoms with Crippen molar-refractivity contribution in [3.8, 4) is 0 Å². The molecule has 26 heavy (non-hydrogen) atoms. The highest BCUT2D eigenvalue weighted by Crippen LogP contribution is 2.16. The lowest BCUT2D eigenvalue weighted by Crippen LogP contribution is -2.41. The molecule has 0 unspecified atom stereocenters. The van der Waals surface area contributed by atoms with Gasteiger partial charge in [-0.3, -0.25) is 4.79 Å². The fraction of sp³-hybridized carbons (Fsp3) is 0.389. The van der Waals surface area contributed by atoms with Gasteiger partial charge in [-0.05, 0) is 32.4 Å². The van der Waals surface area contributed by atoms with Gasteiger partial charge in [0.2, 0.25) is 10.0 Å². The largest absolute Gasteiger partial charge is 0.374 e. The summed E-state index contributed by atoms with van der Waals surface area (Å²) in [6.07, 6.45) is 1.38. The van der Waals surface area contributed by atoms with E-state index in [2.05, 4.69) is 5.32 Å². The van der Waals surface area contributed by atoms with Crippen LogP contribution in [0.25, 0.3) is 0 Å². The van der Waals surface area contributed by atoms with Crippen molar-refractivity contribution in [1.29, 1.82) is 0 Å². The Morgan fingerprint density at radius 3 is 2.50 bits per heavy atom. The Hall–Kier alpha value is -2.16. The Kier molecular flexibility index (Phi) is 6.22. The van der Waals surface area contributed by atoms with Gasteiger partial charge in [0.1, 0.15) is 10.6 Å². The van der Waals surface area contributed by atoms with Crippen molar-refractivity contribution in [1.82, 2.24) is 9.88 Å². The first-order chi connectivity index (χ1) is 12.1. The van der Waals surface area contributed by atoms with E-state index < -0.39 is 15.6 Å². The van der Waals surface area contributed by atoms with Crippen LogP contribution in [0.5, 0.6) is 0 Å². The first-order valence-electron chi connectivity index (χ1n) is 8.31. The topological polar surface area (TPSA) is 103 Å². The van der Waals surface area contributed by atoms with Gasteiger partial charge in [-0.1, -0.05) is 30.3 Å². The molecule has 0 saturated heterocycles. The molecule has 2 rings (SSSR count). The number of hydrogen-bond donors (Lipinski definition) is 2. The predicted molar refractivity (Wildman–Crippen MR) is 99.4 cm³/mol. The molecule has 142 valence electrons. The zero-order valence-electron chi connectivity index (χ0n) is 15.2. The molecule has 0 aliphatic rings. The summed E-state index contributed by atoms with van der Waals surface area (Å²) in [5.74, 6) is -0.386. The van der Waals surface area contributed by atoms with Crippen LogP contribution in [0, 0.1) is 0 Å². The molecule has 0 radical (unpaired) electrons. The molecule has 0 saturated carbocycles. The van der Waals surface area contributed by atoms with Crippen molar-refractivity contribution < 1.29 is 17.9 Å². The van der Waals surface area contributed by atoms with Crippen LogP contribution in [-0.4, -0.2) is 37.6 Å². The summed E-state index contributed by atoms with van der Waals surface area (Å²) in [6, 6.07) is 10.7. The second-order valence-electron chi connectivity index (χ2n) is 6.59. The molecule has 1 aromatic carbocycles. The van der Waals surface area contributed by atoms with Crippen LogP contribution in [-0.2, 0) is 21.3 Å². The normalized spacial score (nSPS) is 12.2. The van der Waals surface area contributed by atoms with E-state index in [1.165, 1.54) is 12.3 Å². The maximum absolute atomic E-state index is 12.6. The van der Waals surface area contributed by atoms with Crippen LogP contribution < -0.4 is 10.5 Å². The smallest absolute Gasteiger partial charge is 0.268 e. The minimum absolute atomic E-state index is 0.0948. The van der Waals surface area contributed by atoms with E-state index in [1.54, 1.807) is 4.57 Å². The third kappa shape index (κ3) is 5.42. The lowest BCUT2D eigenvalue weighted by Gasteiger charge is -2.25. The molecule has 1 aromatic heterocycles. The van der Waals surface area contributed by atoms with E-state index in [-0.39, 0.29) is 16.5 Å². The fourth-order valence-electron chi connectivity index (χ4n) is 2.57. The second-order valence-corrected chi connectivity index (χ2v) is 8.16. The van der Waals surface area contributed by atoms with Crippen molar-refractivity contribution in [2.75, 3.05) is 13.2 Å². The Labute approximate surface area is 154 Å². The van der Waals surface area contributed by atoms with Gasteiger partial charge < -0.3 is 14.6 Å². The average molecular weight is 379 g/mol. The molecular formula is C18H25N3O4S. The number of nitrogens with zero attached hydrogens (tertiary/aromatic N) is 1. The first kappa shape index (κ1) is 20.2. The van der Waals surface area contributed by atoms with Crippen LogP contribution in [0.3, 0.4) is 0 Å². The van der Waals surface area contributed by atoms with Gasteiger partial charge in [0.15, 0.2) is 0 Å². The summed E-state index contributed by atoms with van der Waals surface area (Å²) in [5, 5.41) is 8.02. The third-order valence-corrected chi connectivity index (χ3v) is 4.72. The molecule has 0 spiro atoms. The van der Waals surface area contributed by atoms with Gasteiger partial charge in [0, 0.05) is 25.9 Å². The highest BCUT2D eigenvalue weighted by molar-refractivity contribution is 7.89. The van der Waals surface area contributed by atoms with E-state index in [9.17, 15) is 13.2 Å². The first-order valence-corrected chi connectivity index (χ1v) is 9.86. The molecule has 0 fully saturated rings. The van der Waals surface area contributed by atoms with E-state index >= 15 is 0 Å². The average Bonchev–Trinajstić information content (AvgIpc) is 2.98. The van der Waals surface area contributed by atoms with Gasteiger partial charge in [-0.25, -0.2) is 13.6 Å². The zero-order valence-corrected chi connectivity index (χ0v) is 16.0. The summed E-state index contributed by atoms with van der Waals surface area (Å²) >= 11 is 0. The van der Waals surface area contributed by atoms with Crippen molar-refractivity contribution in [2.45, 2.75) is 37.8 Å². The minimum atomic E-state index is -3.91. The number of ether oxygens (including phenoxy) is 1. The van der Waals surface area contributed by atoms with Crippen LogP contribution in [0.1, 0.15) is 36.8 Å². The summed E-state index contributed by atoms with van der Waals surface area (Å²) < 4.78 is 30.5. The van der Waals surface area contributed by atoms with Crippen molar-refractivity contribution in [2.24, 2.45) is 5.14 Å². The molecule has 7 nitrogen and oxygen atoms in total.